The molecule has 6 aromatic rings. The lowest BCUT2D eigenvalue weighted by molar-refractivity contribution is -0.139. The van der Waals surface area contributed by atoms with E-state index in [1.165, 1.54) is 18.2 Å². The Morgan fingerprint density at radius 3 is 1.54 bits per heavy atom. The lowest BCUT2D eigenvalue weighted by atomic mass is 9.98. The summed E-state index contributed by atoms with van der Waals surface area (Å²) in [5.74, 6) is -0.208. The largest absolute Gasteiger partial charge is 0.417 e. The summed E-state index contributed by atoms with van der Waals surface area (Å²) in [6.07, 6.45) is -4.92. The van der Waals surface area contributed by atoms with Crippen molar-refractivity contribution in [1.82, 2.24) is 3.97 Å². The minimum Gasteiger partial charge on any atom is -0.409 e. The minimum absolute atomic E-state index is 0.104. The van der Waals surface area contributed by atoms with Gasteiger partial charge in [-0.25, -0.2) is 12.4 Å². The first-order valence-corrected chi connectivity index (χ1v) is 15.0. The summed E-state index contributed by atoms with van der Waals surface area (Å²) in [5.41, 5.74) is 14.1. The van der Waals surface area contributed by atoms with Gasteiger partial charge in [0, 0.05) is 21.9 Å². The second-order valence-corrected chi connectivity index (χ2v) is 12.1. The second kappa shape index (κ2) is 11.3. The molecule has 13 heteroatoms. The molecule has 6 rings (SSSR count). The molecule has 0 bridgehead atoms. The van der Waals surface area contributed by atoms with Crippen molar-refractivity contribution < 1.29 is 32.0 Å². The maximum absolute atomic E-state index is 14.2. The van der Waals surface area contributed by atoms with Crippen LogP contribution in [0.4, 0.5) is 13.2 Å². The molecule has 6 N–H and O–H groups in total. The predicted octanol–water partition coefficient (Wildman–Crippen LogP) is 6.57. The molecule has 5 aromatic carbocycles. The zero-order chi connectivity index (χ0) is 32.8. The van der Waals surface area contributed by atoms with Crippen LogP contribution in [0.3, 0.4) is 0 Å². The van der Waals surface area contributed by atoms with Gasteiger partial charge in [0.05, 0.1) is 16.6 Å². The molecule has 0 fully saturated rings. The number of fused-ring (bicyclic) bond motifs is 3. The molecule has 0 radical (unpaired) electrons. The molecule has 0 amide bonds. The molecule has 0 aliphatic rings. The van der Waals surface area contributed by atoms with E-state index in [4.69, 9.17) is 21.9 Å². The van der Waals surface area contributed by atoms with Crippen LogP contribution in [-0.4, -0.2) is 34.5 Å². The van der Waals surface area contributed by atoms with E-state index < -0.39 is 26.7 Å². The fourth-order valence-corrected chi connectivity index (χ4v) is 7.21. The number of alkyl halides is 3. The van der Waals surface area contributed by atoms with Gasteiger partial charge in [-0.2, -0.15) is 13.2 Å². The Kier molecular flexibility index (Phi) is 7.40. The van der Waals surface area contributed by atoms with Crippen LogP contribution in [0.5, 0.6) is 0 Å². The van der Waals surface area contributed by atoms with Crippen molar-refractivity contribution in [3.05, 3.63) is 126 Å². The SMILES string of the molecule is N/C(=N\O)c1cccc(-c2ccc3c(c2)c2cc(-c4cccc(/C(N)=N/O)c4)ccc2n3S(=O)(=O)c2ccccc2C(F)(F)F)c1. The van der Waals surface area contributed by atoms with Crippen molar-refractivity contribution in [2.24, 2.45) is 21.8 Å². The Balaban J connectivity index is 1.65. The molecule has 1 heterocycles. The van der Waals surface area contributed by atoms with Crippen molar-refractivity contribution in [3.63, 3.8) is 0 Å². The fourth-order valence-electron chi connectivity index (χ4n) is 5.46. The number of aromatic nitrogens is 1. The Morgan fingerprint density at radius 2 is 1.09 bits per heavy atom. The van der Waals surface area contributed by atoms with Gasteiger partial charge in [-0.05, 0) is 70.8 Å². The van der Waals surface area contributed by atoms with Crippen LogP contribution in [0.2, 0.25) is 0 Å². The highest BCUT2D eigenvalue weighted by Gasteiger charge is 2.38. The first-order valence-electron chi connectivity index (χ1n) is 13.6. The van der Waals surface area contributed by atoms with Gasteiger partial charge in [-0.15, -0.1) is 0 Å². The van der Waals surface area contributed by atoms with E-state index >= 15 is 0 Å². The maximum atomic E-state index is 14.2. The topological polar surface area (TPSA) is 156 Å². The third kappa shape index (κ3) is 5.16. The molecular weight excluding hydrogens is 619 g/mol. The van der Waals surface area contributed by atoms with E-state index in [9.17, 15) is 21.6 Å². The zero-order valence-corrected chi connectivity index (χ0v) is 24.5. The number of hydrogen-bond acceptors (Lipinski definition) is 6. The Morgan fingerprint density at radius 1 is 0.630 bits per heavy atom. The van der Waals surface area contributed by atoms with Crippen LogP contribution in [0.1, 0.15) is 16.7 Å². The maximum Gasteiger partial charge on any atom is 0.417 e. The highest BCUT2D eigenvalue weighted by Crippen LogP contribution is 2.40. The molecule has 9 nitrogen and oxygen atoms in total. The number of nitrogens with two attached hydrogens (primary N) is 2. The Hall–Kier alpha value is -5.82. The quantitative estimate of drug-likeness (QED) is 0.0696. The fraction of sp³-hybridized carbons (Fsp3) is 0.0303. The van der Waals surface area contributed by atoms with E-state index in [0.29, 0.717) is 44.2 Å². The number of benzene rings is 5. The van der Waals surface area contributed by atoms with E-state index in [1.807, 2.05) is 0 Å². The van der Waals surface area contributed by atoms with Crippen molar-refractivity contribution in [1.29, 1.82) is 0 Å². The monoisotopic (exact) mass is 643 g/mol. The van der Waals surface area contributed by atoms with Crippen molar-refractivity contribution in [2.75, 3.05) is 0 Å². The average Bonchev–Trinajstić information content (AvgIpc) is 3.41. The minimum atomic E-state index is -4.92. The molecule has 46 heavy (non-hydrogen) atoms. The van der Waals surface area contributed by atoms with Crippen molar-refractivity contribution >= 4 is 43.5 Å². The number of rotatable bonds is 6. The van der Waals surface area contributed by atoms with Crippen molar-refractivity contribution in [3.8, 4) is 22.3 Å². The lowest BCUT2D eigenvalue weighted by Crippen LogP contribution is -2.18. The van der Waals surface area contributed by atoms with Crippen LogP contribution >= 0.6 is 0 Å². The van der Waals surface area contributed by atoms with Crippen LogP contribution in [-0.2, 0) is 16.2 Å². The molecule has 0 aliphatic carbocycles. The van der Waals surface area contributed by atoms with Crippen LogP contribution in [0.15, 0.2) is 124 Å². The molecule has 0 aliphatic heterocycles. The Labute approximate surface area is 260 Å². The van der Waals surface area contributed by atoms with Gasteiger partial charge in [0.25, 0.3) is 10.0 Å². The Bertz CT molecular complexity index is 2210. The van der Waals surface area contributed by atoms with E-state index in [0.717, 1.165) is 22.2 Å². The highest BCUT2D eigenvalue weighted by molar-refractivity contribution is 7.90. The average molecular weight is 644 g/mol. The van der Waals surface area contributed by atoms with E-state index in [2.05, 4.69) is 10.3 Å². The van der Waals surface area contributed by atoms with Crippen molar-refractivity contribution in [2.45, 2.75) is 11.1 Å². The molecule has 0 unspecified atom stereocenters. The highest BCUT2D eigenvalue weighted by atomic mass is 32.2. The third-order valence-electron chi connectivity index (χ3n) is 7.63. The summed E-state index contributed by atoms with van der Waals surface area (Å²) in [6, 6.07) is 27.6. The van der Waals surface area contributed by atoms with Crippen LogP contribution < -0.4 is 11.5 Å². The first-order chi connectivity index (χ1) is 21.9. The molecule has 0 saturated carbocycles. The summed E-state index contributed by atoms with van der Waals surface area (Å²) in [4.78, 5) is -0.882. The third-order valence-corrected chi connectivity index (χ3v) is 9.42. The second-order valence-electron chi connectivity index (χ2n) is 10.4. The smallest absolute Gasteiger partial charge is 0.409 e. The summed E-state index contributed by atoms with van der Waals surface area (Å²) in [7, 11) is -4.78. The van der Waals surface area contributed by atoms with Gasteiger partial charge < -0.3 is 21.9 Å². The summed E-state index contributed by atoms with van der Waals surface area (Å²) in [6.45, 7) is 0. The molecule has 0 saturated heterocycles. The summed E-state index contributed by atoms with van der Waals surface area (Å²) >= 11 is 0. The lowest BCUT2D eigenvalue weighted by Gasteiger charge is -2.15. The summed E-state index contributed by atoms with van der Waals surface area (Å²) < 4.78 is 71.3. The summed E-state index contributed by atoms with van der Waals surface area (Å²) in [5, 5.41) is 25.3. The molecule has 1 aromatic heterocycles. The number of amidine groups is 2. The van der Waals surface area contributed by atoms with E-state index in [1.54, 1.807) is 72.8 Å². The van der Waals surface area contributed by atoms with Gasteiger partial charge >= 0.3 is 6.18 Å². The molecular formula is C33H24F3N5O4S. The van der Waals surface area contributed by atoms with Crippen LogP contribution in [0, 0.1) is 0 Å². The molecule has 0 atom stereocenters. The first kappa shape index (κ1) is 30.2. The van der Waals surface area contributed by atoms with Gasteiger partial charge in [-0.1, -0.05) is 71.0 Å². The van der Waals surface area contributed by atoms with Crippen LogP contribution in [0.25, 0.3) is 44.1 Å². The molecule has 232 valence electrons. The number of hydrogen-bond donors (Lipinski definition) is 4. The molecule has 0 spiro atoms. The number of nitrogens with zero attached hydrogens (tertiary/aromatic N) is 3. The van der Waals surface area contributed by atoms with Gasteiger partial charge in [0.1, 0.15) is 4.90 Å². The van der Waals surface area contributed by atoms with Gasteiger partial charge in [0.15, 0.2) is 11.7 Å². The van der Waals surface area contributed by atoms with Gasteiger partial charge in [0.2, 0.25) is 0 Å². The van der Waals surface area contributed by atoms with Gasteiger partial charge in [-0.3, -0.25) is 0 Å². The normalized spacial score (nSPS) is 13.0. The number of oxime groups is 2. The number of halogens is 3. The zero-order valence-electron chi connectivity index (χ0n) is 23.6. The standard InChI is InChI=1S/C33H24F3N5O4S/c34-33(35,36)27-9-1-2-10-30(27)46(44,45)41-28-13-11-21(19-5-3-7-23(15-19)31(37)39-42)17-25(28)26-18-22(12-14-29(26)41)20-6-4-8-24(16-20)32(38)40-43/h1-18,42-43H,(H2,37,39)(H2,38,40). The predicted molar refractivity (Wildman–Crippen MR) is 169 cm³/mol. The van der Waals surface area contributed by atoms with E-state index in [-0.39, 0.29) is 22.7 Å².